The Kier molecular flexibility index (Phi) is 11.4. The van der Waals surface area contributed by atoms with Crippen LogP contribution in [-0.2, 0) is 28.4 Å². The first-order valence-electron chi connectivity index (χ1n) is 15.5. The highest BCUT2D eigenvalue weighted by atomic mass is 32.2. The lowest BCUT2D eigenvalue weighted by atomic mass is 9.62. The van der Waals surface area contributed by atoms with Gasteiger partial charge in [0.1, 0.15) is 12.6 Å². The van der Waals surface area contributed by atoms with Gasteiger partial charge < -0.3 is 15.4 Å². The van der Waals surface area contributed by atoms with Gasteiger partial charge in [-0.1, -0.05) is 37.3 Å². The van der Waals surface area contributed by atoms with E-state index in [0.717, 1.165) is 53.1 Å². The van der Waals surface area contributed by atoms with Crippen LogP contribution in [-0.4, -0.2) is 49.1 Å². The van der Waals surface area contributed by atoms with E-state index in [1.165, 1.54) is 48.8 Å². The average Bonchev–Trinajstić information content (AvgIpc) is 2.95. The van der Waals surface area contributed by atoms with Gasteiger partial charge in [-0.3, -0.25) is 14.5 Å². The summed E-state index contributed by atoms with van der Waals surface area (Å²) in [4.78, 5) is 38.4. The molecule has 2 aliphatic carbocycles. The number of likely N-dealkylation sites (N-methyl/N-ethyl adjacent to an activating group) is 1. The number of thioether (sulfide) groups is 1. The van der Waals surface area contributed by atoms with Crippen LogP contribution in [0.1, 0.15) is 91.4 Å². The normalized spacial score (nSPS) is 24.3. The van der Waals surface area contributed by atoms with Crippen molar-refractivity contribution in [3.8, 4) is 0 Å². The van der Waals surface area contributed by atoms with Crippen molar-refractivity contribution in [2.24, 2.45) is 17.8 Å². The fourth-order valence-corrected chi connectivity index (χ4v) is 8.56. The van der Waals surface area contributed by atoms with Crippen molar-refractivity contribution in [2.45, 2.75) is 101 Å². The predicted molar refractivity (Wildman–Crippen MR) is 172 cm³/mol. The van der Waals surface area contributed by atoms with E-state index in [9.17, 15) is 14.4 Å². The monoisotopic (exact) mass is 591 g/mol. The van der Waals surface area contributed by atoms with Gasteiger partial charge in [-0.05, 0) is 105 Å². The van der Waals surface area contributed by atoms with E-state index < -0.39 is 6.04 Å². The molecule has 7 heteroatoms. The zero-order valence-electron chi connectivity index (χ0n) is 26.1. The molecule has 0 saturated heterocycles. The first-order chi connectivity index (χ1) is 20.1. The highest BCUT2D eigenvalue weighted by molar-refractivity contribution is 7.98. The van der Waals surface area contributed by atoms with Gasteiger partial charge in [0.15, 0.2) is 0 Å². The molecule has 2 saturated carbocycles. The van der Waals surface area contributed by atoms with Crippen molar-refractivity contribution in [3.63, 3.8) is 0 Å². The Labute approximate surface area is 256 Å². The predicted octanol–water partition coefficient (Wildman–Crippen LogP) is 6.32. The van der Waals surface area contributed by atoms with Crippen LogP contribution in [0.2, 0.25) is 0 Å². The summed E-state index contributed by atoms with van der Waals surface area (Å²) >= 11 is 1.72. The topological polar surface area (TPSA) is 78.5 Å². The third-order valence-electron chi connectivity index (χ3n) is 9.50. The second-order valence-electron chi connectivity index (χ2n) is 13.2. The van der Waals surface area contributed by atoms with Crippen molar-refractivity contribution >= 4 is 30.2 Å². The number of benzene rings is 2. The molecule has 4 rings (SSSR count). The molecule has 0 heterocycles. The van der Waals surface area contributed by atoms with Crippen LogP contribution in [0.25, 0.3) is 0 Å². The van der Waals surface area contributed by atoms with Crippen molar-refractivity contribution in [3.05, 3.63) is 64.2 Å². The first kappa shape index (κ1) is 32.4. The van der Waals surface area contributed by atoms with E-state index in [1.807, 2.05) is 24.1 Å². The fourth-order valence-electron chi connectivity index (χ4n) is 7.39. The Morgan fingerprint density at radius 1 is 1.14 bits per heavy atom. The molecule has 2 aromatic rings. The molecule has 3 atom stereocenters. The van der Waals surface area contributed by atoms with Crippen LogP contribution < -0.4 is 10.6 Å². The number of hydrogen-bond donors (Lipinski definition) is 2. The zero-order valence-corrected chi connectivity index (χ0v) is 26.9. The number of rotatable bonds is 14. The maximum Gasteiger partial charge on any atom is 0.219 e. The quantitative estimate of drug-likeness (QED) is 0.198. The highest BCUT2D eigenvalue weighted by Crippen LogP contribution is 2.46. The van der Waals surface area contributed by atoms with Gasteiger partial charge in [-0.25, -0.2) is 0 Å². The second kappa shape index (κ2) is 14.8. The minimum absolute atomic E-state index is 0.0860. The second-order valence-corrected chi connectivity index (χ2v) is 14.2. The number of amides is 1. The maximum absolute atomic E-state index is 11.9. The lowest BCUT2D eigenvalue weighted by Crippen LogP contribution is -2.50. The molecule has 3 unspecified atom stereocenters. The molecule has 0 spiro atoms. The highest BCUT2D eigenvalue weighted by Gasteiger charge is 2.40. The summed E-state index contributed by atoms with van der Waals surface area (Å²) in [5, 5.41) is 6.55. The minimum Gasteiger partial charge on any atom is -0.359 e. The Balaban J connectivity index is 1.38. The summed E-state index contributed by atoms with van der Waals surface area (Å²) in [6, 6.07) is 12.2. The molecule has 2 N–H and O–H groups in total. The molecule has 0 aliphatic heterocycles. The van der Waals surface area contributed by atoms with E-state index in [0.29, 0.717) is 18.5 Å². The number of aldehydes is 2. The average molecular weight is 592 g/mol. The van der Waals surface area contributed by atoms with E-state index in [4.69, 9.17) is 0 Å². The van der Waals surface area contributed by atoms with E-state index >= 15 is 0 Å². The van der Waals surface area contributed by atoms with Gasteiger partial charge >= 0.3 is 0 Å². The molecular formula is C35H49N3O3S. The van der Waals surface area contributed by atoms with Gasteiger partial charge in [0.25, 0.3) is 0 Å². The van der Waals surface area contributed by atoms with E-state index in [1.54, 1.807) is 18.8 Å². The molecular weight excluding hydrogens is 542 g/mol. The fraction of sp³-hybridized carbons (Fsp3) is 0.571. The van der Waals surface area contributed by atoms with Crippen molar-refractivity contribution in [1.82, 2.24) is 15.5 Å². The lowest BCUT2D eigenvalue weighted by molar-refractivity contribution is -0.121. The van der Waals surface area contributed by atoms with Gasteiger partial charge in [0.2, 0.25) is 5.91 Å². The smallest absolute Gasteiger partial charge is 0.219 e. The molecule has 1 amide bonds. The summed E-state index contributed by atoms with van der Waals surface area (Å²) in [7, 11) is 3.47. The number of carbonyl (C=O) groups is 3. The van der Waals surface area contributed by atoms with Crippen molar-refractivity contribution in [2.75, 3.05) is 14.1 Å². The number of carbonyl (C=O) groups excluding carboxylic acids is 3. The van der Waals surface area contributed by atoms with Crippen molar-refractivity contribution in [1.29, 1.82) is 0 Å². The molecule has 228 valence electrons. The number of aryl methyl sites for hydroxylation is 1. The minimum atomic E-state index is -0.401. The van der Waals surface area contributed by atoms with Gasteiger partial charge in [0.05, 0.1) is 6.04 Å². The Morgan fingerprint density at radius 3 is 2.52 bits per heavy atom. The summed E-state index contributed by atoms with van der Waals surface area (Å²) in [5.74, 6) is 3.35. The molecule has 2 fully saturated rings. The zero-order chi connectivity index (χ0) is 30.3. The molecule has 2 bridgehead atoms. The van der Waals surface area contributed by atoms with Crippen molar-refractivity contribution < 1.29 is 14.4 Å². The number of fused-ring (bicyclic) bond motifs is 2. The van der Waals surface area contributed by atoms with E-state index in [2.05, 4.69) is 55.7 Å². The van der Waals surface area contributed by atoms with Crippen LogP contribution in [0.4, 0.5) is 0 Å². The number of nitrogens with one attached hydrogen (secondary N) is 2. The Morgan fingerprint density at radius 2 is 1.88 bits per heavy atom. The molecule has 0 radical (unpaired) electrons. The summed E-state index contributed by atoms with van der Waals surface area (Å²) in [5.41, 5.74) is 5.67. The number of hydrogen-bond acceptors (Lipinski definition) is 6. The lowest BCUT2D eigenvalue weighted by Gasteiger charge is -2.47. The maximum atomic E-state index is 11.9. The van der Waals surface area contributed by atoms with Gasteiger partial charge in [0, 0.05) is 48.3 Å². The van der Waals surface area contributed by atoms with Gasteiger partial charge in [-0.15, -0.1) is 11.8 Å². The number of nitrogens with zero attached hydrogens (tertiary/aromatic N) is 1. The Hall–Kier alpha value is -2.48. The molecule has 2 aliphatic rings. The largest absolute Gasteiger partial charge is 0.359 e. The van der Waals surface area contributed by atoms with Crippen LogP contribution in [0.3, 0.4) is 0 Å². The molecule has 2 aromatic carbocycles. The summed E-state index contributed by atoms with van der Waals surface area (Å²) < 4.78 is 0. The van der Waals surface area contributed by atoms with E-state index in [-0.39, 0.29) is 17.9 Å². The Bertz CT molecular complexity index is 1230. The molecule has 42 heavy (non-hydrogen) atoms. The van der Waals surface area contributed by atoms with Crippen LogP contribution >= 0.6 is 11.8 Å². The third-order valence-corrected chi connectivity index (χ3v) is 10.6. The summed E-state index contributed by atoms with van der Waals surface area (Å²) in [6.07, 6.45) is 9.29. The standard InChI is InChI=1S/C35H49N3O3S/c1-24-13-27-16-28(14-24)18-35(3,17-27)37-19-26-9-10-30(25(2)15-26)23-42-33-8-6-7-29(21-39)32(33)20-38(5)31(22-40)11-12-34(41)36-4/h6-10,15,21-22,24,27-28,31,37H,11-14,16-20,23H2,1-5H3,(H,36,41). The SMILES string of the molecule is CNC(=O)CCC(C=O)N(C)Cc1c(C=O)cccc1SCc1ccc(CNC2(C)CC3CC(C)CC(C3)C2)cc1C. The molecule has 6 nitrogen and oxygen atoms in total. The first-order valence-corrected chi connectivity index (χ1v) is 16.5. The van der Waals surface area contributed by atoms with Crippen LogP contribution in [0, 0.1) is 24.7 Å². The third kappa shape index (κ3) is 8.55. The molecule has 0 aromatic heterocycles. The summed E-state index contributed by atoms with van der Waals surface area (Å²) in [6.45, 7) is 8.40. The van der Waals surface area contributed by atoms with Crippen LogP contribution in [0.15, 0.2) is 41.3 Å². The van der Waals surface area contributed by atoms with Gasteiger partial charge in [-0.2, -0.15) is 0 Å². The van der Waals surface area contributed by atoms with Crippen LogP contribution in [0.5, 0.6) is 0 Å².